The van der Waals surface area contributed by atoms with Gasteiger partial charge in [-0.05, 0) is 29.0 Å². The van der Waals surface area contributed by atoms with E-state index in [0.717, 1.165) is 16.1 Å². The van der Waals surface area contributed by atoms with E-state index in [4.69, 9.17) is 14.2 Å². The molecular weight excluding hydrogens is 516 g/mol. The van der Waals surface area contributed by atoms with Crippen molar-refractivity contribution in [2.24, 2.45) is 0 Å². The molecule has 0 spiro atoms. The predicted octanol–water partition coefficient (Wildman–Crippen LogP) is 3.80. The van der Waals surface area contributed by atoms with Gasteiger partial charge < -0.3 is 19.3 Å². The summed E-state index contributed by atoms with van der Waals surface area (Å²) in [6.45, 7) is 2.77. The first-order valence-corrected chi connectivity index (χ1v) is 14.1. The smallest absolute Gasteiger partial charge is 0.276 e. The van der Waals surface area contributed by atoms with E-state index in [0.29, 0.717) is 23.5 Å². The van der Waals surface area contributed by atoms with Gasteiger partial charge in [-0.15, -0.1) is 11.8 Å². The number of carbonyl (C=O) groups is 2. The second-order valence-electron chi connectivity index (χ2n) is 9.40. The van der Waals surface area contributed by atoms with Crippen LogP contribution in [-0.2, 0) is 27.4 Å². The van der Waals surface area contributed by atoms with Crippen molar-refractivity contribution in [1.29, 1.82) is 0 Å². The summed E-state index contributed by atoms with van der Waals surface area (Å²) in [7, 11) is 0. The maximum atomic E-state index is 13.1. The van der Waals surface area contributed by atoms with Crippen molar-refractivity contribution in [1.82, 2.24) is 10.4 Å². The fraction of sp³-hybridized carbons (Fsp3) is 0.333. The van der Waals surface area contributed by atoms with Gasteiger partial charge >= 0.3 is 0 Å². The number of rotatable bonds is 11. The van der Waals surface area contributed by atoms with Gasteiger partial charge in [0.25, 0.3) is 11.8 Å². The minimum atomic E-state index is -1.08. The molecule has 2 aliphatic heterocycles. The minimum absolute atomic E-state index is 0.155. The van der Waals surface area contributed by atoms with Crippen LogP contribution in [0, 0.1) is 0 Å². The number of amides is 2. The molecule has 2 N–H and O–H groups in total. The van der Waals surface area contributed by atoms with Gasteiger partial charge in [-0.2, -0.15) is 0 Å². The van der Waals surface area contributed by atoms with Crippen LogP contribution in [0.2, 0.25) is 0 Å². The van der Waals surface area contributed by atoms with Crippen LogP contribution in [-0.4, -0.2) is 64.1 Å². The highest BCUT2D eigenvalue weighted by molar-refractivity contribution is 7.99. The number of fused-ring (bicyclic) bond motifs is 1. The molecule has 0 aromatic heterocycles. The zero-order valence-electron chi connectivity index (χ0n) is 21.6. The van der Waals surface area contributed by atoms with E-state index in [-0.39, 0.29) is 13.2 Å². The Morgan fingerprint density at radius 3 is 2.03 bits per heavy atom. The molecule has 3 aromatic rings. The van der Waals surface area contributed by atoms with Gasteiger partial charge in [0.2, 0.25) is 0 Å². The maximum absolute atomic E-state index is 13.1. The summed E-state index contributed by atoms with van der Waals surface area (Å²) >= 11 is 1.51. The lowest BCUT2D eigenvalue weighted by atomic mass is 9.98. The molecular formula is C30H32N2O6S. The highest BCUT2D eigenvalue weighted by Gasteiger charge is 2.49. The number of benzene rings is 3. The lowest BCUT2D eigenvalue weighted by molar-refractivity contribution is -0.200. The molecule has 204 valence electrons. The Balaban J connectivity index is 1.36. The molecule has 2 amide bonds. The van der Waals surface area contributed by atoms with Gasteiger partial charge in [-0.1, -0.05) is 79.7 Å². The molecule has 0 bridgehead atoms. The number of nitrogens with one attached hydrogen (secondary N) is 1. The van der Waals surface area contributed by atoms with Crippen LogP contribution in [0.4, 0.5) is 0 Å². The van der Waals surface area contributed by atoms with Crippen molar-refractivity contribution in [3.8, 4) is 0 Å². The molecule has 1 saturated heterocycles. The molecule has 0 aliphatic carbocycles. The molecule has 2 heterocycles. The van der Waals surface area contributed by atoms with Crippen LogP contribution in [0.3, 0.4) is 0 Å². The van der Waals surface area contributed by atoms with Gasteiger partial charge in [-0.25, -0.2) is 10.4 Å². The molecule has 2 aliphatic rings. The monoisotopic (exact) mass is 548 g/mol. The number of carbonyl (C=O) groups excluding carboxylic acids is 2. The molecule has 0 radical (unpaired) electrons. The summed E-state index contributed by atoms with van der Waals surface area (Å²) in [5.41, 5.74) is 5.18. The second-order valence-corrected chi connectivity index (χ2v) is 10.8. The quantitative estimate of drug-likeness (QED) is 0.350. The van der Waals surface area contributed by atoms with E-state index in [1.807, 2.05) is 67.6 Å². The van der Waals surface area contributed by atoms with Gasteiger partial charge in [0, 0.05) is 0 Å². The average molecular weight is 549 g/mol. The lowest BCUT2D eigenvalue weighted by Crippen LogP contribution is -2.66. The first-order valence-electron chi connectivity index (χ1n) is 13.0. The molecule has 5 rings (SSSR count). The Morgan fingerprint density at radius 2 is 1.44 bits per heavy atom. The Hall–Kier alpha value is -3.05. The van der Waals surface area contributed by atoms with Gasteiger partial charge in [0.1, 0.15) is 23.7 Å². The van der Waals surface area contributed by atoms with E-state index in [1.54, 1.807) is 24.3 Å². The van der Waals surface area contributed by atoms with Crippen LogP contribution < -0.4 is 5.43 Å². The summed E-state index contributed by atoms with van der Waals surface area (Å²) in [5, 5.41) is 12.5. The van der Waals surface area contributed by atoms with Gasteiger partial charge in [0.15, 0.2) is 0 Å². The van der Waals surface area contributed by atoms with E-state index in [1.165, 1.54) is 11.8 Å². The normalized spacial score (nSPS) is 24.7. The third kappa shape index (κ3) is 6.24. The highest BCUT2D eigenvalue weighted by atomic mass is 32.2. The Bertz CT molecular complexity index is 1230. The lowest BCUT2D eigenvalue weighted by Gasteiger charge is -2.45. The van der Waals surface area contributed by atoms with Crippen LogP contribution in [0.1, 0.15) is 38.8 Å². The zero-order chi connectivity index (χ0) is 27.2. The second kappa shape index (κ2) is 12.9. The van der Waals surface area contributed by atoms with Crippen molar-refractivity contribution >= 4 is 23.6 Å². The SMILES string of the molecule is CCS[C@@H]1O[C@H](COCc2ccccc2)[C@@H](O)[C@H](OCc2ccccc2)[C@H]1NN1C(=O)c2ccccc2C1=O. The molecule has 3 aromatic carbocycles. The maximum Gasteiger partial charge on any atom is 0.276 e. The summed E-state index contributed by atoms with van der Waals surface area (Å²) in [5.74, 6) is -0.176. The molecule has 1 fully saturated rings. The number of hydrogen-bond donors (Lipinski definition) is 2. The number of aliphatic hydroxyl groups excluding tert-OH is 1. The average Bonchev–Trinajstić information content (AvgIpc) is 3.21. The molecule has 39 heavy (non-hydrogen) atoms. The highest BCUT2D eigenvalue weighted by Crippen LogP contribution is 2.32. The van der Waals surface area contributed by atoms with Crippen LogP contribution in [0.15, 0.2) is 84.9 Å². The largest absolute Gasteiger partial charge is 0.388 e. The number of ether oxygens (including phenoxy) is 3. The molecule has 0 unspecified atom stereocenters. The third-order valence-corrected chi connectivity index (χ3v) is 7.82. The summed E-state index contributed by atoms with van der Waals surface area (Å²) in [6, 6.07) is 25.4. The van der Waals surface area contributed by atoms with E-state index < -0.39 is 41.6 Å². The molecule has 9 heteroatoms. The van der Waals surface area contributed by atoms with Gasteiger partial charge in [0.05, 0.1) is 37.0 Å². The number of nitrogens with zero attached hydrogens (tertiary/aromatic N) is 1. The van der Waals surface area contributed by atoms with Crippen molar-refractivity contribution in [2.75, 3.05) is 12.4 Å². The third-order valence-electron chi connectivity index (χ3n) is 6.76. The number of aliphatic hydroxyl groups is 1. The first kappa shape index (κ1) is 27.5. The minimum Gasteiger partial charge on any atom is -0.388 e. The van der Waals surface area contributed by atoms with Crippen molar-refractivity contribution in [3.63, 3.8) is 0 Å². The number of hydrazine groups is 1. The Labute approximate surface area is 232 Å². The van der Waals surface area contributed by atoms with Crippen LogP contribution in [0.5, 0.6) is 0 Å². The van der Waals surface area contributed by atoms with Crippen LogP contribution in [0.25, 0.3) is 0 Å². The first-order chi connectivity index (χ1) is 19.1. The van der Waals surface area contributed by atoms with Crippen molar-refractivity contribution in [2.45, 2.75) is 49.9 Å². The predicted molar refractivity (Wildman–Crippen MR) is 148 cm³/mol. The fourth-order valence-electron chi connectivity index (χ4n) is 4.79. The topological polar surface area (TPSA) is 97.3 Å². The zero-order valence-corrected chi connectivity index (χ0v) is 22.5. The molecule has 8 nitrogen and oxygen atoms in total. The number of thioether (sulfide) groups is 1. The van der Waals surface area contributed by atoms with E-state index >= 15 is 0 Å². The van der Waals surface area contributed by atoms with Crippen molar-refractivity contribution in [3.05, 3.63) is 107 Å². The number of imide groups is 1. The summed E-state index contributed by atoms with van der Waals surface area (Å²) in [4.78, 5) is 26.3. The van der Waals surface area contributed by atoms with Crippen molar-refractivity contribution < 1.29 is 28.9 Å². The van der Waals surface area contributed by atoms with E-state index in [9.17, 15) is 14.7 Å². The molecule has 5 atom stereocenters. The molecule has 0 saturated carbocycles. The fourth-order valence-corrected chi connectivity index (χ4v) is 5.76. The van der Waals surface area contributed by atoms with Crippen LogP contribution >= 0.6 is 11.8 Å². The Morgan fingerprint density at radius 1 is 0.872 bits per heavy atom. The van der Waals surface area contributed by atoms with E-state index in [2.05, 4.69) is 5.43 Å². The summed E-state index contributed by atoms with van der Waals surface area (Å²) < 4.78 is 18.6. The summed E-state index contributed by atoms with van der Waals surface area (Å²) in [6.07, 6.45) is -2.54. The van der Waals surface area contributed by atoms with Gasteiger partial charge in [-0.3, -0.25) is 9.59 Å². The number of hydrogen-bond acceptors (Lipinski definition) is 8. The standard InChI is InChI=1S/C30H32N2O6S/c1-2-39-30-25(31-32-28(34)22-15-9-10-16-23(22)29(32)35)27(37-18-21-13-7-4-8-14-21)26(33)24(38-30)19-36-17-20-11-5-3-6-12-20/h3-16,24-27,30-31,33H,2,17-19H2,1H3/t24-,25-,26-,27-,30+/m1/s1. The Kier molecular flexibility index (Phi) is 9.08.